The first kappa shape index (κ1) is 46.6. The van der Waals surface area contributed by atoms with Crippen molar-refractivity contribution in [2.75, 3.05) is 9.80 Å². The minimum Gasteiger partial charge on any atom is -0.311 e. The molecule has 0 saturated heterocycles. The van der Waals surface area contributed by atoms with Crippen LogP contribution >= 0.6 is 22.7 Å². The van der Waals surface area contributed by atoms with Crippen molar-refractivity contribution in [1.29, 1.82) is 0 Å². The van der Waals surface area contributed by atoms with Gasteiger partial charge in [-0.3, -0.25) is 0 Å². The predicted octanol–water partition coefficient (Wildman–Crippen LogP) is 18.8. The molecule has 0 N–H and O–H groups in total. The molecule has 0 saturated carbocycles. The van der Waals surface area contributed by atoms with Crippen LogP contribution in [0.1, 0.15) is 104 Å². The molecule has 9 aromatic carbocycles. The van der Waals surface area contributed by atoms with E-state index in [1.807, 2.05) is 22.7 Å². The zero-order chi connectivity index (χ0) is 51.5. The molecule has 75 heavy (non-hydrogen) atoms. The normalized spacial score (nSPS) is 15.6. The third-order valence-corrected chi connectivity index (χ3v) is 19.7. The average molecular weight is 1010 g/mol. The molecule has 3 aliphatic rings. The number of fused-ring (bicyclic) bond motifs is 11. The molecular formula is C70H63BN2S2. The Balaban J connectivity index is 1.02. The first-order valence-electron chi connectivity index (χ1n) is 27.1. The molecule has 0 atom stereocenters. The van der Waals surface area contributed by atoms with Crippen molar-refractivity contribution in [2.45, 2.75) is 104 Å². The Morgan fingerprint density at radius 1 is 0.413 bits per heavy atom. The van der Waals surface area contributed by atoms with E-state index in [0.717, 1.165) is 12.8 Å². The van der Waals surface area contributed by atoms with Gasteiger partial charge in [-0.05, 0) is 168 Å². The monoisotopic (exact) mass is 1010 g/mol. The summed E-state index contributed by atoms with van der Waals surface area (Å²) in [6.07, 6.45) is 2.32. The molecule has 1 aliphatic carbocycles. The van der Waals surface area contributed by atoms with Gasteiger partial charge in [0, 0.05) is 74.5 Å². The summed E-state index contributed by atoms with van der Waals surface area (Å²) in [4.78, 5) is 5.28. The molecule has 0 spiro atoms. The summed E-state index contributed by atoms with van der Waals surface area (Å²) >= 11 is 3.77. The summed E-state index contributed by atoms with van der Waals surface area (Å²) in [6.45, 7) is 24.1. The van der Waals surface area contributed by atoms with Crippen molar-refractivity contribution in [3.8, 4) is 22.3 Å². The fourth-order valence-electron chi connectivity index (χ4n) is 13.1. The Morgan fingerprint density at radius 2 is 0.853 bits per heavy atom. The smallest absolute Gasteiger partial charge is 0.252 e. The summed E-state index contributed by atoms with van der Waals surface area (Å²) in [7, 11) is 0. The molecule has 11 aromatic rings. The van der Waals surface area contributed by atoms with Crippen LogP contribution in [0.2, 0.25) is 0 Å². The first-order valence-corrected chi connectivity index (χ1v) is 28.7. The maximum atomic E-state index is 2.67. The molecule has 4 heterocycles. The minimum absolute atomic E-state index is 0.0224. The highest BCUT2D eigenvalue weighted by Gasteiger charge is 2.47. The summed E-state index contributed by atoms with van der Waals surface area (Å²) in [5.74, 6) is 0. The Bertz CT molecular complexity index is 4140. The Morgan fingerprint density at radius 3 is 1.35 bits per heavy atom. The summed E-state index contributed by atoms with van der Waals surface area (Å²) in [5, 5.41) is 5.35. The van der Waals surface area contributed by atoms with Crippen LogP contribution in [0, 0.1) is 0 Å². The lowest BCUT2D eigenvalue weighted by atomic mass is 9.33. The standard InChI is InChI=1S/C70H63BN2S2/c1-67(2,3)44-29-34-54-56(37-44)72(46-30-25-42(26-31-46)48-19-15-23-62-64(48)50-17-11-13-21-60(50)74-62)58-38-45(68(4,5)6)39-59-66(58)71(54)55-40-52-53(70(9,10)36-35-69(52,7)8)41-57(55)73(59)47-32-27-43(28-33-47)49-20-16-24-63-65(49)51-18-12-14-22-61(51)75-63/h11-34,37-41H,35-36H2,1-10H3. The number of nitrogens with zero attached hydrogens (tertiary/aromatic N) is 2. The third-order valence-electron chi connectivity index (χ3n) is 17.5. The van der Waals surface area contributed by atoms with E-state index in [4.69, 9.17) is 0 Å². The SMILES string of the molecule is CC(C)(C)c1ccc2c(c1)N(c1ccc(-c3cccc4sc5ccccc5c34)cc1)c1cc(C(C)(C)C)cc3c1B2c1cc2c(cc1N3c1ccc(-c3cccc4sc5ccccc5c34)cc1)C(C)(C)CCC2(C)C. The van der Waals surface area contributed by atoms with Crippen LogP contribution < -0.4 is 26.2 Å². The molecule has 14 rings (SSSR count). The van der Waals surface area contributed by atoms with Crippen molar-refractivity contribution >= 4 is 120 Å². The second-order valence-corrected chi connectivity index (χ2v) is 27.3. The number of hydrogen-bond acceptors (Lipinski definition) is 4. The first-order chi connectivity index (χ1) is 35.9. The van der Waals surface area contributed by atoms with Crippen LogP contribution in [0.15, 0.2) is 176 Å². The van der Waals surface area contributed by atoms with E-state index in [-0.39, 0.29) is 28.4 Å². The topological polar surface area (TPSA) is 6.48 Å². The van der Waals surface area contributed by atoms with E-state index in [1.54, 1.807) is 0 Å². The van der Waals surface area contributed by atoms with Gasteiger partial charge >= 0.3 is 0 Å². The van der Waals surface area contributed by atoms with Gasteiger partial charge in [0.15, 0.2) is 0 Å². The fraction of sp³-hybridized carbons (Fsp3) is 0.229. The van der Waals surface area contributed by atoms with Gasteiger partial charge in [0.05, 0.1) is 0 Å². The van der Waals surface area contributed by atoms with E-state index < -0.39 is 0 Å². The van der Waals surface area contributed by atoms with E-state index >= 15 is 0 Å². The Hall–Kier alpha value is -6.92. The number of hydrogen-bond donors (Lipinski definition) is 0. The largest absolute Gasteiger partial charge is 0.311 e. The molecular weight excluding hydrogens is 944 g/mol. The zero-order valence-electron chi connectivity index (χ0n) is 44.9. The van der Waals surface area contributed by atoms with Crippen molar-refractivity contribution in [3.63, 3.8) is 0 Å². The van der Waals surface area contributed by atoms with Crippen LogP contribution in [-0.2, 0) is 21.7 Å². The maximum absolute atomic E-state index is 2.67. The van der Waals surface area contributed by atoms with E-state index in [9.17, 15) is 0 Å². The Kier molecular flexibility index (Phi) is 10.1. The van der Waals surface area contributed by atoms with E-state index in [2.05, 4.69) is 255 Å². The molecule has 0 fully saturated rings. The Labute approximate surface area is 451 Å². The van der Waals surface area contributed by atoms with Gasteiger partial charge in [-0.25, -0.2) is 0 Å². The van der Waals surface area contributed by atoms with Gasteiger partial charge in [0.1, 0.15) is 0 Å². The lowest BCUT2D eigenvalue weighted by Gasteiger charge is -2.48. The number of anilines is 6. The molecule has 0 bridgehead atoms. The van der Waals surface area contributed by atoms with E-state index in [0.29, 0.717) is 0 Å². The van der Waals surface area contributed by atoms with Crippen LogP contribution in [0.4, 0.5) is 34.1 Å². The summed E-state index contributed by atoms with van der Waals surface area (Å²) in [5.41, 5.74) is 22.2. The highest BCUT2D eigenvalue weighted by Crippen LogP contribution is 2.52. The third kappa shape index (κ3) is 7.17. The van der Waals surface area contributed by atoms with Crippen molar-refractivity contribution in [3.05, 3.63) is 198 Å². The molecule has 0 radical (unpaired) electrons. The second-order valence-electron chi connectivity index (χ2n) is 25.2. The molecule has 5 heteroatoms. The molecule has 0 unspecified atom stereocenters. The highest BCUT2D eigenvalue weighted by molar-refractivity contribution is 7.26. The summed E-state index contributed by atoms with van der Waals surface area (Å²) < 4.78 is 5.32. The average Bonchev–Trinajstić information content (AvgIpc) is 4.19. The van der Waals surface area contributed by atoms with Crippen molar-refractivity contribution in [2.24, 2.45) is 0 Å². The van der Waals surface area contributed by atoms with Gasteiger partial charge in [0.25, 0.3) is 6.71 Å². The lowest BCUT2D eigenvalue weighted by Crippen LogP contribution is -2.62. The van der Waals surface area contributed by atoms with Crippen molar-refractivity contribution in [1.82, 2.24) is 0 Å². The number of benzene rings is 9. The minimum atomic E-state index is -0.133. The molecule has 368 valence electrons. The van der Waals surface area contributed by atoms with Gasteiger partial charge < -0.3 is 9.80 Å². The summed E-state index contributed by atoms with van der Waals surface area (Å²) in [6, 6.07) is 68.3. The van der Waals surface area contributed by atoms with Crippen LogP contribution in [0.5, 0.6) is 0 Å². The van der Waals surface area contributed by atoms with E-state index in [1.165, 1.54) is 135 Å². The van der Waals surface area contributed by atoms with Crippen LogP contribution in [-0.4, -0.2) is 6.71 Å². The molecule has 2 aliphatic heterocycles. The van der Waals surface area contributed by atoms with Gasteiger partial charge in [-0.15, -0.1) is 22.7 Å². The van der Waals surface area contributed by atoms with Crippen molar-refractivity contribution < 1.29 is 0 Å². The van der Waals surface area contributed by atoms with Crippen LogP contribution in [0.3, 0.4) is 0 Å². The molecule has 0 amide bonds. The molecule has 2 aromatic heterocycles. The number of thiophene rings is 2. The molecule has 2 nitrogen and oxygen atoms in total. The predicted molar refractivity (Wildman–Crippen MR) is 330 cm³/mol. The zero-order valence-corrected chi connectivity index (χ0v) is 46.6. The van der Waals surface area contributed by atoms with Gasteiger partial charge in [-0.2, -0.15) is 0 Å². The number of rotatable bonds is 4. The highest BCUT2D eigenvalue weighted by atomic mass is 32.1. The van der Waals surface area contributed by atoms with Crippen LogP contribution in [0.25, 0.3) is 62.6 Å². The fourth-order valence-corrected chi connectivity index (χ4v) is 15.4. The van der Waals surface area contributed by atoms with Gasteiger partial charge in [0.2, 0.25) is 0 Å². The second kappa shape index (κ2) is 16.3. The maximum Gasteiger partial charge on any atom is 0.252 e. The lowest BCUT2D eigenvalue weighted by molar-refractivity contribution is 0.332. The quantitative estimate of drug-likeness (QED) is 0.162. The van der Waals surface area contributed by atoms with Gasteiger partial charge in [-0.1, -0.05) is 172 Å².